The van der Waals surface area contributed by atoms with E-state index in [-0.39, 0.29) is 36.1 Å². The molecule has 0 radical (unpaired) electrons. The number of sulfonamides is 1. The standard InChI is InChI=1S/C18H20N2O4S/c1-24-16-9-5-6-10-17(16)25(22,23)20-12-11-19-18(21)13-15(20)14-7-3-2-4-8-14/h2-10,15H,11-13H2,1H3,(H,19,21)/t15-/m0/s1. The summed E-state index contributed by atoms with van der Waals surface area (Å²) < 4.78 is 33.2. The second kappa shape index (κ2) is 7.25. The fourth-order valence-electron chi connectivity index (χ4n) is 3.02. The minimum Gasteiger partial charge on any atom is -0.495 e. The van der Waals surface area contributed by atoms with Gasteiger partial charge in [-0.15, -0.1) is 0 Å². The number of nitrogens with one attached hydrogen (secondary N) is 1. The van der Waals surface area contributed by atoms with Crippen molar-refractivity contribution in [3.05, 3.63) is 60.2 Å². The molecule has 7 heteroatoms. The van der Waals surface area contributed by atoms with Crippen LogP contribution < -0.4 is 10.1 Å². The zero-order valence-corrected chi connectivity index (χ0v) is 14.7. The minimum atomic E-state index is -3.83. The molecule has 1 aliphatic heterocycles. The second-order valence-corrected chi connectivity index (χ2v) is 7.61. The molecular formula is C18H20N2O4S. The van der Waals surface area contributed by atoms with Gasteiger partial charge in [-0.3, -0.25) is 4.79 Å². The number of amides is 1. The van der Waals surface area contributed by atoms with Crippen LogP contribution in [0.1, 0.15) is 18.0 Å². The maximum Gasteiger partial charge on any atom is 0.247 e. The van der Waals surface area contributed by atoms with E-state index < -0.39 is 16.1 Å². The molecule has 1 heterocycles. The molecule has 1 N–H and O–H groups in total. The Labute approximate surface area is 147 Å². The van der Waals surface area contributed by atoms with E-state index in [1.165, 1.54) is 17.5 Å². The van der Waals surface area contributed by atoms with Crippen LogP contribution in [0.15, 0.2) is 59.5 Å². The number of nitrogens with zero attached hydrogens (tertiary/aromatic N) is 1. The van der Waals surface area contributed by atoms with E-state index in [4.69, 9.17) is 4.74 Å². The molecule has 1 fully saturated rings. The topological polar surface area (TPSA) is 75.7 Å². The number of benzene rings is 2. The van der Waals surface area contributed by atoms with E-state index in [0.717, 1.165) is 5.56 Å². The highest BCUT2D eigenvalue weighted by Crippen LogP contribution is 2.34. The van der Waals surface area contributed by atoms with Crippen molar-refractivity contribution >= 4 is 15.9 Å². The Hall–Kier alpha value is -2.38. The summed E-state index contributed by atoms with van der Waals surface area (Å²) in [6, 6.07) is 15.2. The second-order valence-electron chi connectivity index (χ2n) is 5.75. The molecule has 0 unspecified atom stereocenters. The average Bonchev–Trinajstić information content (AvgIpc) is 2.84. The van der Waals surface area contributed by atoms with Gasteiger partial charge >= 0.3 is 0 Å². The third-order valence-electron chi connectivity index (χ3n) is 4.22. The smallest absolute Gasteiger partial charge is 0.247 e. The van der Waals surface area contributed by atoms with Crippen molar-refractivity contribution in [3.8, 4) is 5.75 Å². The van der Waals surface area contributed by atoms with Crippen molar-refractivity contribution in [2.75, 3.05) is 20.2 Å². The predicted molar refractivity (Wildman–Crippen MR) is 93.7 cm³/mol. The number of methoxy groups -OCH3 is 1. The summed E-state index contributed by atoms with van der Waals surface area (Å²) in [6.07, 6.45) is 0.0817. The van der Waals surface area contributed by atoms with Crippen molar-refractivity contribution in [1.29, 1.82) is 0 Å². The molecule has 1 amide bonds. The van der Waals surface area contributed by atoms with Gasteiger partial charge in [0.05, 0.1) is 13.2 Å². The first-order chi connectivity index (χ1) is 12.0. The summed E-state index contributed by atoms with van der Waals surface area (Å²) >= 11 is 0. The fourth-order valence-corrected chi connectivity index (χ4v) is 4.79. The normalized spacial score (nSPS) is 19.1. The van der Waals surface area contributed by atoms with Crippen LogP contribution in [-0.4, -0.2) is 38.8 Å². The molecule has 0 spiro atoms. The average molecular weight is 360 g/mol. The number of carbonyl (C=O) groups excluding carboxylic acids is 1. The molecule has 1 aliphatic rings. The number of ether oxygens (including phenoxy) is 1. The van der Waals surface area contributed by atoms with Crippen LogP contribution in [0.3, 0.4) is 0 Å². The Morgan fingerprint density at radius 1 is 1.08 bits per heavy atom. The Morgan fingerprint density at radius 2 is 1.76 bits per heavy atom. The lowest BCUT2D eigenvalue weighted by Gasteiger charge is -2.29. The largest absolute Gasteiger partial charge is 0.495 e. The molecule has 0 saturated carbocycles. The van der Waals surface area contributed by atoms with Gasteiger partial charge in [0.2, 0.25) is 15.9 Å². The van der Waals surface area contributed by atoms with Gasteiger partial charge < -0.3 is 10.1 Å². The zero-order valence-electron chi connectivity index (χ0n) is 13.9. The lowest BCUT2D eigenvalue weighted by atomic mass is 10.0. The molecule has 3 rings (SSSR count). The maximum absolute atomic E-state index is 13.3. The number of para-hydroxylation sites is 1. The molecular weight excluding hydrogens is 340 g/mol. The molecule has 2 aromatic rings. The third kappa shape index (κ3) is 3.52. The molecule has 1 saturated heterocycles. The molecule has 132 valence electrons. The molecule has 25 heavy (non-hydrogen) atoms. The van der Waals surface area contributed by atoms with Crippen molar-refractivity contribution in [2.24, 2.45) is 0 Å². The van der Waals surface area contributed by atoms with E-state index in [2.05, 4.69) is 5.32 Å². The van der Waals surface area contributed by atoms with Crippen LogP contribution in [0.25, 0.3) is 0 Å². The Balaban J connectivity index is 2.09. The molecule has 0 aromatic heterocycles. The van der Waals surface area contributed by atoms with Gasteiger partial charge in [-0.05, 0) is 17.7 Å². The lowest BCUT2D eigenvalue weighted by molar-refractivity contribution is -0.121. The lowest BCUT2D eigenvalue weighted by Crippen LogP contribution is -2.36. The van der Waals surface area contributed by atoms with Gasteiger partial charge in [-0.2, -0.15) is 4.31 Å². The van der Waals surface area contributed by atoms with Crippen LogP contribution in [-0.2, 0) is 14.8 Å². The van der Waals surface area contributed by atoms with E-state index in [1.54, 1.807) is 18.2 Å². The van der Waals surface area contributed by atoms with Gasteiger partial charge in [-0.25, -0.2) is 8.42 Å². The molecule has 0 aliphatic carbocycles. The van der Waals surface area contributed by atoms with Gasteiger partial charge in [-0.1, -0.05) is 42.5 Å². The highest BCUT2D eigenvalue weighted by atomic mass is 32.2. The number of hydrogen-bond acceptors (Lipinski definition) is 4. The Morgan fingerprint density at radius 3 is 2.48 bits per heavy atom. The van der Waals surface area contributed by atoms with Crippen LogP contribution in [0.5, 0.6) is 5.75 Å². The van der Waals surface area contributed by atoms with Crippen molar-refractivity contribution < 1.29 is 17.9 Å². The van der Waals surface area contributed by atoms with Crippen LogP contribution in [0, 0.1) is 0 Å². The van der Waals surface area contributed by atoms with E-state index >= 15 is 0 Å². The number of hydrogen-bond donors (Lipinski definition) is 1. The Bertz CT molecular complexity index is 852. The SMILES string of the molecule is COc1ccccc1S(=O)(=O)N1CCNC(=O)C[C@H]1c1ccccc1. The first-order valence-corrected chi connectivity index (χ1v) is 9.44. The Kier molecular flexibility index (Phi) is 5.06. The van der Waals surface area contributed by atoms with E-state index in [9.17, 15) is 13.2 Å². The van der Waals surface area contributed by atoms with Crippen molar-refractivity contribution in [1.82, 2.24) is 9.62 Å². The molecule has 2 aromatic carbocycles. The first kappa shape index (κ1) is 17.4. The third-order valence-corrected chi connectivity index (χ3v) is 6.17. The fraction of sp³-hybridized carbons (Fsp3) is 0.278. The van der Waals surface area contributed by atoms with Crippen LogP contribution >= 0.6 is 0 Å². The summed E-state index contributed by atoms with van der Waals surface area (Å²) in [5.74, 6) is 0.129. The summed E-state index contributed by atoms with van der Waals surface area (Å²) in [5, 5.41) is 2.75. The summed E-state index contributed by atoms with van der Waals surface area (Å²) in [4.78, 5) is 12.1. The maximum atomic E-state index is 13.3. The van der Waals surface area contributed by atoms with Crippen LogP contribution in [0.4, 0.5) is 0 Å². The van der Waals surface area contributed by atoms with Gasteiger partial charge in [0.15, 0.2) is 0 Å². The molecule has 1 atom stereocenters. The zero-order chi connectivity index (χ0) is 17.9. The first-order valence-electron chi connectivity index (χ1n) is 8.00. The minimum absolute atomic E-state index is 0.0817. The van der Waals surface area contributed by atoms with E-state index in [1.807, 2.05) is 30.3 Å². The van der Waals surface area contributed by atoms with Gasteiger partial charge in [0, 0.05) is 19.5 Å². The summed E-state index contributed by atoms with van der Waals surface area (Å²) in [5.41, 5.74) is 0.790. The number of rotatable bonds is 4. The summed E-state index contributed by atoms with van der Waals surface area (Å²) in [7, 11) is -2.39. The quantitative estimate of drug-likeness (QED) is 0.904. The monoisotopic (exact) mass is 360 g/mol. The summed E-state index contributed by atoms with van der Waals surface area (Å²) in [6.45, 7) is 0.474. The van der Waals surface area contributed by atoms with Crippen LogP contribution in [0.2, 0.25) is 0 Å². The van der Waals surface area contributed by atoms with Crippen molar-refractivity contribution in [3.63, 3.8) is 0 Å². The van der Waals surface area contributed by atoms with E-state index in [0.29, 0.717) is 0 Å². The highest BCUT2D eigenvalue weighted by Gasteiger charge is 2.36. The van der Waals surface area contributed by atoms with Gasteiger partial charge in [0.1, 0.15) is 10.6 Å². The highest BCUT2D eigenvalue weighted by molar-refractivity contribution is 7.89. The van der Waals surface area contributed by atoms with Gasteiger partial charge in [0.25, 0.3) is 0 Å². The predicted octanol–water partition coefficient (Wildman–Crippen LogP) is 1.95. The van der Waals surface area contributed by atoms with Crippen molar-refractivity contribution in [2.45, 2.75) is 17.4 Å². The number of carbonyl (C=O) groups is 1. The molecule has 0 bridgehead atoms. The molecule has 6 nitrogen and oxygen atoms in total.